The van der Waals surface area contributed by atoms with Gasteiger partial charge in [0, 0.05) is 17.7 Å². The average molecular weight is 215 g/mol. The van der Waals surface area contributed by atoms with Crippen LogP contribution in [0.2, 0.25) is 5.02 Å². The van der Waals surface area contributed by atoms with Gasteiger partial charge in [-0.15, -0.1) is 0 Å². The molecule has 13 heavy (non-hydrogen) atoms. The van der Waals surface area contributed by atoms with Crippen LogP contribution in [0.5, 0.6) is 0 Å². The first-order valence-corrected chi connectivity index (χ1v) is 4.80. The lowest BCUT2D eigenvalue weighted by Crippen LogP contribution is -1.79. The van der Waals surface area contributed by atoms with Crippen LogP contribution in [0.15, 0.2) is 18.2 Å². The molecule has 1 aromatic rings. The third kappa shape index (κ3) is 3.30. The molecule has 0 N–H and O–H groups in total. The molecule has 3 heteroatoms. The fourth-order valence-electron chi connectivity index (χ4n) is 0.794. The normalized spacial score (nSPS) is 9.15. The van der Waals surface area contributed by atoms with Gasteiger partial charge >= 0.3 is 0 Å². The van der Waals surface area contributed by atoms with Crippen molar-refractivity contribution in [3.05, 3.63) is 34.6 Å². The summed E-state index contributed by atoms with van der Waals surface area (Å²) in [6.07, 6.45) is 0.720. The highest BCUT2D eigenvalue weighted by Crippen LogP contribution is 2.15. The van der Waals surface area contributed by atoms with Crippen LogP contribution in [0.1, 0.15) is 12.0 Å². The van der Waals surface area contributed by atoms with Gasteiger partial charge < -0.3 is 0 Å². The Morgan fingerprint density at radius 2 is 2.23 bits per heavy atom. The van der Waals surface area contributed by atoms with E-state index < -0.39 is 5.82 Å². The largest absolute Gasteiger partial charge is 0.205 e. The maximum Gasteiger partial charge on any atom is 0.141 e. The Kier molecular flexibility index (Phi) is 4.14. The highest BCUT2D eigenvalue weighted by molar-refractivity contribution is 7.80. The predicted octanol–water partition coefficient (Wildman–Crippen LogP) is 3.15. The SMILES string of the molecule is Fc1ccc(C#CCCS)cc1Cl. The predicted molar refractivity (Wildman–Crippen MR) is 56.8 cm³/mol. The smallest absolute Gasteiger partial charge is 0.141 e. The lowest BCUT2D eigenvalue weighted by molar-refractivity contribution is 0.628. The highest BCUT2D eigenvalue weighted by atomic mass is 35.5. The number of hydrogen-bond donors (Lipinski definition) is 1. The Hall–Kier alpha value is -0.650. The van der Waals surface area contributed by atoms with Gasteiger partial charge in [-0.05, 0) is 18.2 Å². The number of halogens is 2. The minimum atomic E-state index is -0.415. The second-order valence-electron chi connectivity index (χ2n) is 2.40. The van der Waals surface area contributed by atoms with E-state index in [-0.39, 0.29) is 5.02 Å². The third-order valence-corrected chi connectivity index (χ3v) is 1.90. The van der Waals surface area contributed by atoms with Crippen LogP contribution in [-0.4, -0.2) is 5.75 Å². The van der Waals surface area contributed by atoms with Crippen molar-refractivity contribution >= 4 is 24.2 Å². The fraction of sp³-hybridized carbons (Fsp3) is 0.200. The van der Waals surface area contributed by atoms with E-state index >= 15 is 0 Å². The van der Waals surface area contributed by atoms with E-state index in [1.54, 1.807) is 6.07 Å². The Bertz CT molecular complexity index is 352. The highest BCUT2D eigenvalue weighted by Gasteiger charge is 1.97. The first-order chi connectivity index (χ1) is 6.24. The summed E-state index contributed by atoms with van der Waals surface area (Å²) in [4.78, 5) is 0. The first-order valence-electron chi connectivity index (χ1n) is 3.79. The maximum absolute atomic E-state index is 12.7. The van der Waals surface area contributed by atoms with Crippen LogP contribution in [0, 0.1) is 17.7 Å². The van der Waals surface area contributed by atoms with Gasteiger partial charge in [-0.25, -0.2) is 4.39 Å². The first kappa shape index (κ1) is 10.4. The molecule has 0 spiro atoms. The van der Waals surface area contributed by atoms with E-state index in [0.717, 1.165) is 17.7 Å². The summed E-state index contributed by atoms with van der Waals surface area (Å²) in [5.74, 6) is 6.06. The molecule has 0 nitrogen and oxygen atoms in total. The molecule has 0 saturated carbocycles. The van der Waals surface area contributed by atoms with Gasteiger partial charge in [0.25, 0.3) is 0 Å². The molecule has 0 aliphatic heterocycles. The summed E-state index contributed by atoms with van der Waals surface area (Å²) in [5, 5.41) is 0.109. The summed E-state index contributed by atoms with van der Waals surface area (Å²) in [6.45, 7) is 0. The number of benzene rings is 1. The summed E-state index contributed by atoms with van der Waals surface area (Å²) >= 11 is 9.58. The van der Waals surface area contributed by atoms with Crippen molar-refractivity contribution in [1.82, 2.24) is 0 Å². The topological polar surface area (TPSA) is 0 Å². The van der Waals surface area contributed by atoms with E-state index in [9.17, 15) is 4.39 Å². The molecule has 0 heterocycles. The van der Waals surface area contributed by atoms with Gasteiger partial charge in [0.15, 0.2) is 0 Å². The zero-order valence-corrected chi connectivity index (χ0v) is 8.50. The van der Waals surface area contributed by atoms with Crippen molar-refractivity contribution in [3.8, 4) is 11.8 Å². The van der Waals surface area contributed by atoms with E-state index in [4.69, 9.17) is 11.6 Å². The molecule has 0 aliphatic rings. The molecule has 0 unspecified atom stereocenters. The van der Waals surface area contributed by atoms with Crippen LogP contribution in [-0.2, 0) is 0 Å². The minimum Gasteiger partial charge on any atom is -0.205 e. The Morgan fingerprint density at radius 3 is 2.85 bits per heavy atom. The lowest BCUT2D eigenvalue weighted by Gasteiger charge is -1.93. The lowest BCUT2D eigenvalue weighted by atomic mass is 10.2. The second kappa shape index (κ2) is 5.16. The minimum absolute atomic E-state index is 0.109. The van der Waals surface area contributed by atoms with Crippen LogP contribution >= 0.6 is 24.2 Å². The molecule has 0 saturated heterocycles. The fourth-order valence-corrected chi connectivity index (χ4v) is 1.09. The van der Waals surface area contributed by atoms with Gasteiger partial charge in [-0.2, -0.15) is 12.6 Å². The summed E-state index contributed by atoms with van der Waals surface area (Å²) in [5.41, 5.74) is 0.730. The third-order valence-electron chi connectivity index (χ3n) is 1.39. The second-order valence-corrected chi connectivity index (χ2v) is 3.26. The molecule has 0 fully saturated rings. The molecule has 0 aliphatic carbocycles. The average Bonchev–Trinajstić information content (AvgIpc) is 2.12. The van der Waals surface area contributed by atoms with Gasteiger partial charge in [0.05, 0.1) is 5.02 Å². The van der Waals surface area contributed by atoms with Gasteiger partial charge in [0.2, 0.25) is 0 Å². The zero-order valence-electron chi connectivity index (χ0n) is 6.85. The Labute approximate surface area is 87.5 Å². The van der Waals surface area contributed by atoms with E-state index in [1.165, 1.54) is 12.1 Å². The van der Waals surface area contributed by atoms with Gasteiger partial charge in [-0.3, -0.25) is 0 Å². The van der Waals surface area contributed by atoms with Crippen LogP contribution < -0.4 is 0 Å². The van der Waals surface area contributed by atoms with E-state index in [1.807, 2.05) is 0 Å². The summed E-state index contributed by atoms with van der Waals surface area (Å²) in [6, 6.07) is 4.43. The molecule has 0 bridgehead atoms. The monoisotopic (exact) mass is 214 g/mol. The number of thiol groups is 1. The quantitative estimate of drug-likeness (QED) is 0.539. The van der Waals surface area contributed by atoms with Crippen LogP contribution in [0.3, 0.4) is 0 Å². The number of hydrogen-bond acceptors (Lipinski definition) is 1. The van der Waals surface area contributed by atoms with Crippen LogP contribution in [0.4, 0.5) is 4.39 Å². The zero-order chi connectivity index (χ0) is 9.68. The summed E-state index contributed by atoms with van der Waals surface area (Å²) in [7, 11) is 0. The molecule has 0 atom stereocenters. The molecule has 68 valence electrons. The van der Waals surface area contributed by atoms with Crippen molar-refractivity contribution in [1.29, 1.82) is 0 Å². The van der Waals surface area contributed by atoms with Gasteiger partial charge in [0.1, 0.15) is 5.82 Å². The van der Waals surface area contributed by atoms with E-state index in [0.29, 0.717) is 0 Å². The molecular formula is C10H8ClFS. The Morgan fingerprint density at radius 1 is 1.46 bits per heavy atom. The molecule has 0 radical (unpaired) electrons. The Balaban J connectivity index is 2.81. The van der Waals surface area contributed by atoms with Crippen molar-refractivity contribution < 1.29 is 4.39 Å². The summed E-state index contributed by atoms with van der Waals surface area (Å²) < 4.78 is 12.7. The van der Waals surface area contributed by atoms with Crippen LogP contribution in [0.25, 0.3) is 0 Å². The number of rotatable bonds is 1. The molecular weight excluding hydrogens is 207 g/mol. The van der Waals surface area contributed by atoms with Gasteiger partial charge in [-0.1, -0.05) is 23.4 Å². The maximum atomic E-state index is 12.7. The standard InChI is InChI=1S/C10H8ClFS/c11-9-7-8(3-1-2-6-13)4-5-10(9)12/h4-5,7,13H,2,6H2. The van der Waals surface area contributed by atoms with Crippen molar-refractivity contribution in [2.75, 3.05) is 5.75 Å². The van der Waals surface area contributed by atoms with Crippen molar-refractivity contribution in [3.63, 3.8) is 0 Å². The molecule has 1 rings (SSSR count). The molecule has 0 amide bonds. The molecule has 0 aromatic heterocycles. The van der Waals surface area contributed by atoms with Crippen molar-refractivity contribution in [2.45, 2.75) is 6.42 Å². The van der Waals surface area contributed by atoms with Crippen molar-refractivity contribution in [2.24, 2.45) is 0 Å². The molecule has 1 aromatic carbocycles. The van der Waals surface area contributed by atoms with E-state index in [2.05, 4.69) is 24.5 Å².